The van der Waals surface area contributed by atoms with Crippen molar-refractivity contribution in [2.75, 3.05) is 13.1 Å². The van der Waals surface area contributed by atoms with Crippen molar-refractivity contribution >= 4 is 15.9 Å². The van der Waals surface area contributed by atoms with E-state index in [0.29, 0.717) is 0 Å². The zero-order valence-electron chi connectivity index (χ0n) is 12.5. The van der Waals surface area contributed by atoms with Crippen LogP contribution in [0.25, 0.3) is 0 Å². The summed E-state index contributed by atoms with van der Waals surface area (Å²) in [5.74, 6) is -1.30. The number of nitrogens with one attached hydrogen (secondary N) is 1. The standard InChI is InChI=1S/C15H18F2N2O3S/c16-11-2-1-3-13(10-11)23(21,22)19-8-6-15(17,7-9-19)14(20)18-12-4-5-12/h1-3,10,12H,4-9H2,(H,18,20). The molecule has 1 saturated heterocycles. The Morgan fingerprint density at radius 1 is 1.26 bits per heavy atom. The van der Waals surface area contributed by atoms with Crippen LogP contribution >= 0.6 is 0 Å². The van der Waals surface area contributed by atoms with Crippen molar-refractivity contribution in [3.63, 3.8) is 0 Å². The number of benzene rings is 1. The number of alkyl halides is 1. The van der Waals surface area contributed by atoms with Crippen molar-refractivity contribution in [3.8, 4) is 0 Å². The van der Waals surface area contributed by atoms with Gasteiger partial charge in [0.25, 0.3) is 5.91 Å². The number of hydrogen-bond acceptors (Lipinski definition) is 3. The van der Waals surface area contributed by atoms with Crippen LogP contribution in [0, 0.1) is 5.82 Å². The highest BCUT2D eigenvalue weighted by Gasteiger charge is 2.45. The van der Waals surface area contributed by atoms with Crippen molar-refractivity contribution in [3.05, 3.63) is 30.1 Å². The summed E-state index contributed by atoms with van der Waals surface area (Å²) in [6.45, 7) is -0.207. The van der Waals surface area contributed by atoms with E-state index in [4.69, 9.17) is 0 Å². The Morgan fingerprint density at radius 3 is 2.48 bits per heavy atom. The van der Waals surface area contributed by atoms with Crippen LogP contribution in [0.2, 0.25) is 0 Å². The molecule has 1 amide bonds. The summed E-state index contributed by atoms with van der Waals surface area (Å²) < 4.78 is 53.9. The van der Waals surface area contributed by atoms with Crippen LogP contribution in [0.3, 0.4) is 0 Å². The molecule has 0 bridgehead atoms. The molecule has 1 aliphatic heterocycles. The fourth-order valence-corrected chi connectivity index (χ4v) is 4.10. The second-order valence-corrected chi connectivity index (χ2v) is 8.01. The number of rotatable bonds is 4. The van der Waals surface area contributed by atoms with E-state index >= 15 is 0 Å². The summed E-state index contributed by atoms with van der Waals surface area (Å²) in [7, 11) is -3.88. The maximum atomic E-state index is 14.7. The van der Waals surface area contributed by atoms with Crippen LogP contribution in [0.4, 0.5) is 8.78 Å². The van der Waals surface area contributed by atoms with Gasteiger partial charge in [0, 0.05) is 32.0 Å². The highest BCUT2D eigenvalue weighted by Crippen LogP contribution is 2.31. The first-order valence-corrected chi connectivity index (χ1v) is 9.01. The summed E-state index contributed by atoms with van der Waals surface area (Å²) in [4.78, 5) is 11.8. The van der Waals surface area contributed by atoms with E-state index in [1.54, 1.807) is 0 Å². The van der Waals surface area contributed by atoms with Crippen LogP contribution in [0.15, 0.2) is 29.2 Å². The first-order valence-electron chi connectivity index (χ1n) is 7.57. The number of amides is 1. The van der Waals surface area contributed by atoms with Crippen LogP contribution in [-0.2, 0) is 14.8 Å². The minimum Gasteiger partial charge on any atom is -0.351 e. The second-order valence-electron chi connectivity index (χ2n) is 6.07. The Hall–Kier alpha value is -1.54. The molecule has 2 aliphatic rings. The summed E-state index contributed by atoms with van der Waals surface area (Å²) >= 11 is 0. The summed E-state index contributed by atoms with van der Waals surface area (Å²) in [5, 5.41) is 2.63. The Labute approximate surface area is 133 Å². The zero-order valence-corrected chi connectivity index (χ0v) is 13.3. The lowest BCUT2D eigenvalue weighted by Crippen LogP contribution is -2.52. The lowest BCUT2D eigenvalue weighted by Gasteiger charge is -2.34. The molecule has 126 valence electrons. The van der Waals surface area contributed by atoms with E-state index in [9.17, 15) is 22.0 Å². The normalized spacial score (nSPS) is 21.8. The van der Waals surface area contributed by atoms with Crippen LogP contribution < -0.4 is 5.32 Å². The molecule has 1 saturated carbocycles. The van der Waals surface area contributed by atoms with Gasteiger partial charge >= 0.3 is 0 Å². The monoisotopic (exact) mass is 344 g/mol. The predicted octanol–water partition coefficient (Wildman–Crippen LogP) is 1.60. The Kier molecular flexibility index (Phi) is 4.14. The molecule has 8 heteroatoms. The lowest BCUT2D eigenvalue weighted by molar-refractivity contribution is -0.135. The minimum absolute atomic E-state index is 0.0594. The molecule has 1 N–H and O–H groups in total. The van der Waals surface area contributed by atoms with Crippen molar-refractivity contribution in [2.45, 2.75) is 42.3 Å². The van der Waals surface area contributed by atoms with Gasteiger partial charge in [0.2, 0.25) is 10.0 Å². The van der Waals surface area contributed by atoms with Crippen LogP contribution in [0.5, 0.6) is 0 Å². The number of sulfonamides is 1. The average Bonchev–Trinajstić information content (AvgIpc) is 3.31. The van der Waals surface area contributed by atoms with Gasteiger partial charge in [0.1, 0.15) is 5.82 Å². The Balaban J connectivity index is 1.69. The molecule has 1 aromatic rings. The first kappa shape index (κ1) is 16.3. The van der Waals surface area contributed by atoms with Gasteiger partial charge in [-0.2, -0.15) is 4.31 Å². The van der Waals surface area contributed by atoms with Gasteiger partial charge in [-0.15, -0.1) is 0 Å². The van der Waals surface area contributed by atoms with Crippen molar-refractivity contribution < 1.29 is 22.0 Å². The Morgan fingerprint density at radius 2 is 1.91 bits per heavy atom. The van der Waals surface area contributed by atoms with Gasteiger partial charge in [-0.25, -0.2) is 17.2 Å². The predicted molar refractivity (Wildman–Crippen MR) is 79.4 cm³/mol. The van der Waals surface area contributed by atoms with Crippen molar-refractivity contribution in [1.29, 1.82) is 0 Å². The van der Waals surface area contributed by atoms with Crippen molar-refractivity contribution in [2.24, 2.45) is 0 Å². The molecule has 1 aromatic carbocycles. The van der Waals surface area contributed by atoms with Gasteiger partial charge in [0.05, 0.1) is 4.90 Å². The zero-order chi connectivity index (χ0) is 16.7. The van der Waals surface area contributed by atoms with Crippen LogP contribution in [-0.4, -0.2) is 43.4 Å². The van der Waals surface area contributed by atoms with E-state index in [1.165, 1.54) is 12.1 Å². The fourth-order valence-electron chi connectivity index (χ4n) is 2.63. The van der Waals surface area contributed by atoms with E-state index in [-0.39, 0.29) is 36.9 Å². The number of halogens is 2. The SMILES string of the molecule is O=C(NC1CC1)C1(F)CCN(S(=O)(=O)c2cccc(F)c2)CC1. The molecule has 1 heterocycles. The van der Waals surface area contributed by atoms with Gasteiger partial charge in [-0.05, 0) is 31.0 Å². The van der Waals surface area contributed by atoms with E-state index in [2.05, 4.69) is 5.32 Å². The fraction of sp³-hybridized carbons (Fsp3) is 0.533. The lowest BCUT2D eigenvalue weighted by atomic mass is 9.93. The number of carbonyl (C=O) groups is 1. The largest absolute Gasteiger partial charge is 0.351 e. The third-order valence-corrected chi connectivity index (χ3v) is 6.16. The smallest absolute Gasteiger partial charge is 0.257 e. The number of nitrogens with zero attached hydrogens (tertiary/aromatic N) is 1. The summed E-state index contributed by atoms with van der Waals surface area (Å²) in [5.41, 5.74) is -2.03. The van der Waals surface area contributed by atoms with Crippen LogP contribution in [0.1, 0.15) is 25.7 Å². The van der Waals surface area contributed by atoms with Gasteiger partial charge in [0.15, 0.2) is 5.67 Å². The molecule has 2 fully saturated rings. The molecule has 23 heavy (non-hydrogen) atoms. The second kappa shape index (κ2) is 5.83. The molecule has 0 spiro atoms. The van der Waals surface area contributed by atoms with E-state index in [1.807, 2.05) is 0 Å². The molecule has 0 radical (unpaired) electrons. The molecular formula is C15H18F2N2O3S. The average molecular weight is 344 g/mol. The minimum atomic E-state index is -3.88. The molecule has 5 nitrogen and oxygen atoms in total. The topological polar surface area (TPSA) is 66.5 Å². The third kappa shape index (κ3) is 3.37. The maximum absolute atomic E-state index is 14.7. The molecule has 1 aliphatic carbocycles. The number of hydrogen-bond donors (Lipinski definition) is 1. The summed E-state index contributed by atoms with van der Waals surface area (Å²) in [6.07, 6.45) is 1.34. The maximum Gasteiger partial charge on any atom is 0.257 e. The van der Waals surface area contributed by atoms with Gasteiger partial charge < -0.3 is 5.32 Å². The highest BCUT2D eigenvalue weighted by atomic mass is 32.2. The van der Waals surface area contributed by atoms with E-state index in [0.717, 1.165) is 29.3 Å². The first-order chi connectivity index (χ1) is 10.8. The number of carbonyl (C=O) groups excluding carboxylic acids is 1. The van der Waals surface area contributed by atoms with Crippen molar-refractivity contribution in [1.82, 2.24) is 9.62 Å². The molecule has 0 unspecified atom stereocenters. The Bertz CT molecular complexity index is 711. The van der Waals surface area contributed by atoms with E-state index < -0.39 is 27.4 Å². The van der Waals surface area contributed by atoms with Gasteiger partial charge in [-0.1, -0.05) is 6.07 Å². The molecular weight excluding hydrogens is 326 g/mol. The van der Waals surface area contributed by atoms with Gasteiger partial charge in [-0.3, -0.25) is 4.79 Å². The molecule has 0 aromatic heterocycles. The number of piperidine rings is 1. The molecule has 0 atom stereocenters. The highest BCUT2D eigenvalue weighted by molar-refractivity contribution is 7.89. The summed E-state index contributed by atoms with van der Waals surface area (Å²) in [6, 6.07) is 4.77. The quantitative estimate of drug-likeness (QED) is 0.902. The third-order valence-electron chi connectivity index (χ3n) is 4.27. The molecule has 3 rings (SSSR count).